The van der Waals surface area contributed by atoms with Crippen LogP contribution in [0.4, 0.5) is 0 Å². The van der Waals surface area contributed by atoms with Crippen LogP contribution in [0.3, 0.4) is 0 Å². The molecule has 0 aliphatic carbocycles. The summed E-state index contributed by atoms with van der Waals surface area (Å²) in [7, 11) is 0. The Bertz CT molecular complexity index is 491. The highest BCUT2D eigenvalue weighted by Gasteiger charge is 2.08. The fourth-order valence-electron chi connectivity index (χ4n) is 1.31. The lowest BCUT2D eigenvalue weighted by molar-refractivity contribution is 0.0690. The standard InChI is InChI=1S/C10H9N3O2/c1-7-5-8(13-4-2-3-11-13)6-9(12-7)10(14)15/h2-6H,1H3,(H,14,15). The molecule has 0 saturated carbocycles. The van der Waals surface area contributed by atoms with Gasteiger partial charge in [0.25, 0.3) is 0 Å². The van der Waals surface area contributed by atoms with Crippen LogP contribution < -0.4 is 0 Å². The quantitative estimate of drug-likeness (QED) is 0.798. The lowest BCUT2D eigenvalue weighted by Crippen LogP contribution is -2.04. The van der Waals surface area contributed by atoms with E-state index in [2.05, 4.69) is 10.1 Å². The Morgan fingerprint density at radius 2 is 2.27 bits per heavy atom. The Kier molecular flexibility index (Phi) is 2.21. The molecule has 0 radical (unpaired) electrons. The molecule has 0 amide bonds. The number of aromatic carboxylic acids is 1. The molecule has 0 saturated heterocycles. The molecule has 2 aromatic heterocycles. The van der Waals surface area contributed by atoms with Crippen molar-refractivity contribution in [1.29, 1.82) is 0 Å². The van der Waals surface area contributed by atoms with E-state index >= 15 is 0 Å². The Morgan fingerprint density at radius 1 is 1.47 bits per heavy atom. The van der Waals surface area contributed by atoms with Crippen molar-refractivity contribution < 1.29 is 9.90 Å². The van der Waals surface area contributed by atoms with Crippen LogP contribution in [0.5, 0.6) is 0 Å². The minimum atomic E-state index is -1.04. The molecule has 0 atom stereocenters. The van der Waals surface area contributed by atoms with E-state index in [4.69, 9.17) is 5.11 Å². The fourth-order valence-corrected chi connectivity index (χ4v) is 1.31. The van der Waals surface area contributed by atoms with Crippen molar-refractivity contribution >= 4 is 5.97 Å². The second-order valence-corrected chi connectivity index (χ2v) is 3.11. The maximum Gasteiger partial charge on any atom is 0.354 e. The maximum absolute atomic E-state index is 10.8. The molecule has 5 heteroatoms. The molecule has 2 rings (SSSR count). The number of aryl methyl sites for hydroxylation is 1. The summed E-state index contributed by atoms with van der Waals surface area (Å²) in [6, 6.07) is 5.04. The molecule has 76 valence electrons. The van der Waals surface area contributed by atoms with Gasteiger partial charge in [-0.25, -0.2) is 14.5 Å². The molecule has 5 nitrogen and oxygen atoms in total. The van der Waals surface area contributed by atoms with Crippen molar-refractivity contribution in [2.24, 2.45) is 0 Å². The van der Waals surface area contributed by atoms with Crippen LogP contribution in [0.2, 0.25) is 0 Å². The normalized spacial score (nSPS) is 10.2. The summed E-state index contributed by atoms with van der Waals surface area (Å²) >= 11 is 0. The number of nitrogens with zero attached hydrogens (tertiary/aromatic N) is 3. The van der Waals surface area contributed by atoms with Gasteiger partial charge in [-0.2, -0.15) is 5.10 Å². The van der Waals surface area contributed by atoms with Gasteiger partial charge in [0.05, 0.1) is 5.69 Å². The predicted octanol–water partition coefficient (Wildman–Crippen LogP) is 1.27. The average Bonchev–Trinajstić information content (AvgIpc) is 2.69. The monoisotopic (exact) mass is 203 g/mol. The molecule has 0 fully saturated rings. The van der Waals surface area contributed by atoms with Crippen LogP contribution in [-0.4, -0.2) is 25.8 Å². The van der Waals surface area contributed by atoms with Crippen LogP contribution in [0.1, 0.15) is 16.2 Å². The molecule has 0 unspecified atom stereocenters. The van der Waals surface area contributed by atoms with Gasteiger partial charge in [0, 0.05) is 18.1 Å². The van der Waals surface area contributed by atoms with Gasteiger partial charge in [-0.1, -0.05) is 0 Å². The summed E-state index contributed by atoms with van der Waals surface area (Å²) in [6.07, 6.45) is 3.39. The van der Waals surface area contributed by atoms with Crippen molar-refractivity contribution in [3.05, 3.63) is 42.0 Å². The third-order valence-corrected chi connectivity index (χ3v) is 1.93. The highest BCUT2D eigenvalue weighted by Crippen LogP contribution is 2.09. The van der Waals surface area contributed by atoms with E-state index in [9.17, 15) is 4.79 Å². The van der Waals surface area contributed by atoms with Crippen LogP contribution in [-0.2, 0) is 0 Å². The Labute approximate surface area is 86.0 Å². The molecule has 2 heterocycles. The van der Waals surface area contributed by atoms with Gasteiger partial charge >= 0.3 is 5.97 Å². The Hall–Kier alpha value is -2.17. The minimum Gasteiger partial charge on any atom is -0.477 e. The molecule has 15 heavy (non-hydrogen) atoms. The van der Waals surface area contributed by atoms with Crippen molar-refractivity contribution in [2.75, 3.05) is 0 Å². The van der Waals surface area contributed by atoms with Gasteiger partial charge in [0.1, 0.15) is 0 Å². The second-order valence-electron chi connectivity index (χ2n) is 3.11. The summed E-state index contributed by atoms with van der Waals surface area (Å²) in [4.78, 5) is 14.7. The largest absolute Gasteiger partial charge is 0.477 e. The first-order chi connectivity index (χ1) is 7.16. The third-order valence-electron chi connectivity index (χ3n) is 1.93. The molecule has 2 aromatic rings. The number of hydrogen-bond donors (Lipinski definition) is 1. The number of carbonyl (C=O) groups is 1. The molecule has 0 aliphatic heterocycles. The Balaban J connectivity index is 2.54. The smallest absolute Gasteiger partial charge is 0.354 e. The number of carboxylic acid groups (broad SMARTS) is 1. The van der Waals surface area contributed by atoms with E-state index in [0.29, 0.717) is 11.4 Å². The van der Waals surface area contributed by atoms with Crippen molar-refractivity contribution in [1.82, 2.24) is 14.8 Å². The summed E-state index contributed by atoms with van der Waals surface area (Å²) in [6.45, 7) is 1.75. The third kappa shape index (κ3) is 1.85. The number of pyridine rings is 1. The van der Waals surface area contributed by atoms with Crippen LogP contribution in [0, 0.1) is 6.92 Å². The van der Waals surface area contributed by atoms with Crippen molar-refractivity contribution in [3.63, 3.8) is 0 Å². The molecule has 0 aliphatic rings. The van der Waals surface area contributed by atoms with Crippen LogP contribution >= 0.6 is 0 Å². The van der Waals surface area contributed by atoms with Crippen LogP contribution in [0.15, 0.2) is 30.6 Å². The van der Waals surface area contributed by atoms with Crippen molar-refractivity contribution in [3.8, 4) is 5.69 Å². The van der Waals surface area contributed by atoms with Gasteiger partial charge in [-0.05, 0) is 25.1 Å². The predicted molar refractivity (Wildman–Crippen MR) is 53.1 cm³/mol. The zero-order valence-corrected chi connectivity index (χ0v) is 8.08. The molecule has 0 bridgehead atoms. The van der Waals surface area contributed by atoms with Crippen molar-refractivity contribution in [2.45, 2.75) is 6.92 Å². The molecule has 1 N–H and O–H groups in total. The topological polar surface area (TPSA) is 68.0 Å². The number of hydrogen-bond acceptors (Lipinski definition) is 3. The van der Waals surface area contributed by atoms with Gasteiger partial charge in [-0.3, -0.25) is 0 Å². The summed E-state index contributed by atoms with van der Waals surface area (Å²) in [5, 5.41) is 12.9. The number of aromatic nitrogens is 3. The number of carboxylic acids is 1. The molecule has 0 spiro atoms. The molecular formula is C10H9N3O2. The van der Waals surface area contributed by atoms with E-state index in [-0.39, 0.29) is 5.69 Å². The molecular weight excluding hydrogens is 194 g/mol. The highest BCUT2D eigenvalue weighted by atomic mass is 16.4. The Morgan fingerprint density at radius 3 is 2.87 bits per heavy atom. The van der Waals surface area contributed by atoms with Gasteiger partial charge < -0.3 is 5.11 Å². The van der Waals surface area contributed by atoms with Gasteiger partial charge in [-0.15, -0.1) is 0 Å². The number of rotatable bonds is 2. The lowest BCUT2D eigenvalue weighted by atomic mass is 10.2. The fraction of sp³-hybridized carbons (Fsp3) is 0.100. The van der Waals surface area contributed by atoms with E-state index in [1.807, 2.05) is 0 Å². The lowest BCUT2D eigenvalue weighted by Gasteiger charge is -2.03. The van der Waals surface area contributed by atoms with E-state index in [0.717, 1.165) is 0 Å². The summed E-state index contributed by atoms with van der Waals surface area (Å²) in [5.74, 6) is -1.04. The molecule has 0 aromatic carbocycles. The van der Waals surface area contributed by atoms with E-state index in [1.54, 1.807) is 36.1 Å². The highest BCUT2D eigenvalue weighted by molar-refractivity contribution is 5.86. The van der Waals surface area contributed by atoms with E-state index < -0.39 is 5.97 Å². The first-order valence-corrected chi connectivity index (χ1v) is 4.39. The van der Waals surface area contributed by atoms with E-state index in [1.165, 1.54) is 6.07 Å². The summed E-state index contributed by atoms with van der Waals surface area (Å²) in [5.41, 5.74) is 1.38. The minimum absolute atomic E-state index is 0.0282. The van der Waals surface area contributed by atoms with Gasteiger partial charge in [0.2, 0.25) is 0 Å². The maximum atomic E-state index is 10.8. The summed E-state index contributed by atoms with van der Waals surface area (Å²) < 4.78 is 1.60. The van der Waals surface area contributed by atoms with Crippen LogP contribution in [0.25, 0.3) is 5.69 Å². The second kappa shape index (κ2) is 3.53. The zero-order valence-electron chi connectivity index (χ0n) is 8.08. The first-order valence-electron chi connectivity index (χ1n) is 4.39. The zero-order chi connectivity index (χ0) is 10.8. The first kappa shape index (κ1) is 9.39. The SMILES string of the molecule is Cc1cc(-n2cccn2)cc(C(=O)O)n1. The van der Waals surface area contributed by atoms with Gasteiger partial charge in [0.15, 0.2) is 5.69 Å². The average molecular weight is 203 g/mol.